The number of nitrogens with zero attached hydrogens (tertiary/aromatic N) is 1. The van der Waals surface area contributed by atoms with Crippen LogP contribution in [0, 0.1) is 10.1 Å². The monoisotopic (exact) mass is 300 g/mol. The van der Waals surface area contributed by atoms with Crippen molar-refractivity contribution in [1.82, 2.24) is 5.32 Å². The van der Waals surface area contributed by atoms with Gasteiger partial charge in [-0.25, -0.2) is 8.42 Å². The highest BCUT2D eigenvalue weighted by Gasteiger charge is 2.37. The molecule has 20 heavy (non-hydrogen) atoms. The van der Waals surface area contributed by atoms with Gasteiger partial charge in [0.1, 0.15) is 0 Å². The molecule has 9 heteroatoms. The maximum atomic E-state index is 11.9. The summed E-state index contributed by atoms with van der Waals surface area (Å²) in [6.07, 6.45) is -1.14. The summed E-state index contributed by atoms with van der Waals surface area (Å²) in [5.74, 6) is -1.27. The molecule has 0 aromatic heterocycles. The number of carbonyl (C=O) groups is 1. The third-order valence-corrected chi connectivity index (χ3v) is 4.70. The van der Waals surface area contributed by atoms with Crippen LogP contribution in [0.1, 0.15) is 10.4 Å². The number of aliphatic hydroxyl groups excluding tert-OH is 1. The number of hydrogen-bond donors (Lipinski definition) is 2. The van der Waals surface area contributed by atoms with Crippen molar-refractivity contribution in [2.24, 2.45) is 0 Å². The lowest BCUT2D eigenvalue weighted by atomic mass is 10.1. The molecule has 2 rings (SSSR count). The van der Waals surface area contributed by atoms with Crippen molar-refractivity contribution in [1.29, 1.82) is 0 Å². The molecule has 1 aromatic carbocycles. The van der Waals surface area contributed by atoms with Crippen LogP contribution in [0.4, 0.5) is 5.69 Å². The van der Waals surface area contributed by atoms with Gasteiger partial charge in [0.25, 0.3) is 11.6 Å². The third kappa shape index (κ3) is 3.11. The van der Waals surface area contributed by atoms with E-state index in [9.17, 15) is 28.4 Å². The van der Waals surface area contributed by atoms with Crippen molar-refractivity contribution in [2.75, 3.05) is 11.5 Å². The van der Waals surface area contributed by atoms with Crippen molar-refractivity contribution in [3.63, 3.8) is 0 Å². The van der Waals surface area contributed by atoms with Gasteiger partial charge in [0.15, 0.2) is 9.84 Å². The number of rotatable bonds is 3. The van der Waals surface area contributed by atoms with Crippen LogP contribution in [-0.4, -0.2) is 48.0 Å². The maximum absolute atomic E-state index is 11.9. The fourth-order valence-electron chi connectivity index (χ4n) is 1.95. The fourth-order valence-corrected chi connectivity index (χ4v) is 3.69. The normalized spacial score (nSPS) is 24.2. The smallest absolute Gasteiger partial charge is 0.269 e. The Balaban J connectivity index is 2.07. The van der Waals surface area contributed by atoms with Gasteiger partial charge in [-0.2, -0.15) is 0 Å². The number of carbonyl (C=O) groups excluding carboxylic acids is 1. The highest BCUT2D eigenvalue weighted by atomic mass is 32.2. The number of hydrogen-bond acceptors (Lipinski definition) is 6. The number of nitro groups is 1. The van der Waals surface area contributed by atoms with Crippen LogP contribution < -0.4 is 5.32 Å². The lowest BCUT2D eigenvalue weighted by Crippen LogP contribution is -2.42. The predicted molar refractivity (Wildman–Crippen MR) is 69.0 cm³/mol. The number of aliphatic hydroxyl groups is 1. The molecule has 0 saturated carbocycles. The largest absolute Gasteiger partial charge is 0.390 e. The minimum absolute atomic E-state index is 0.148. The quantitative estimate of drug-likeness (QED) is 0.571. The third-order valence-electron chi connectivity index (χ3n) is 2.98. The number of nitrogens with one attached hydrogen (secondary N) is 1. The highest BCUT2D eigenvalue weighted by Crippen LogP contribution is 2.15. The van der Waals surface area contributed by atoms with E-state index < -0.39 is 32.8 Å². The Kier molecular flexibility index (Phi) is 3.73. The summed E-state index contributed by atoms with van der Waals surface area (Å²) in [4.78, 5) is 21.7. The molecule has 2 N–H and O–H groups in total. The van der Waals surface area contributed by atoms with Crippen molar-refractivity contribution in [3.8, 4) is 0 Å². The first-order valence-corrected chi connectivity index (χ1v) is 7.54. The van der Waals surface area contributed by atoms with Gasteiger partial charge in [0, 0.05) is 17.7 Å². The van der Waals surface area contributed by atoms with Crippen LogP contribution in [0.3, 0.4) is 0 Å². The van der Waals surface area contributed by atoms with Gasteiger partial charge < -0.3 is 10.4 Å². The number of nitro benzene ring substituents is 1. The van der Waals surface area contributed by atoms with Gasteiger partial charge in [-0.1, -0.05) is 0 Å². The topological polar surface area (TPSA) is 127 Å². The van der Waals surface area contributed by atoms with E-state index in [1.54, 1.807) is 0 Å². The molecular weight excluding hydrogens is 288 g/mol. The maximum Gasteiger partial charge on any atom is 0.269 e. The van der Waals surface area contributed by atoms with Crippen molar-refractivity contribution < 1.29 is 23.2 Å². The molecule has 2 atom stereocenters. The van der Waals surface area contributed by atoms with E-state index in [4.69, 9.17) is 0 Å². The minimum atomic E-state index is -3.34. The number of non-ortho nitro benzene ring substituents is 1. The first kappa shape index (κ1) is 14.4. The average Bonchev–Trinajstić information content (AvgIpc) is 2.62. The van der Waals surface area contributed by atoms with Gasteiger partial charge in [0.2, 0.25) is 0 Å². The zero-order valence-electron chi connectivity index (χ0n) is 10.2. The second-order valence-electron chi connectivity index (χ2n) is 4.53. The molecule has 2 unspecified atom stereocenters. The number of sulfone groups is 1. The molecule has 1 heterocycles. The summed E-state index contributed by atoms with van der Waals surface area (Å²) < 4.78 is 22.6. The molecule has 0 radical (unpaired) electrons. The molecule has 1 aliphatic rings. The summed E-state index contributed by atoms with van der Waals surface area (Å²) in [5.41, 5.74) is 0.0112. The van der Waals surface area contributed by atoms with Crippen LogP contribution in [0.15, 0.2) is 24.3 Å². The average molecular weight is 300 g/mol. The van der Waals surface area contributed by atoms with Crippen LogP contribution in [0.2, 0.25) is 0 Å². The number of amides is 1. The summed E-state index contributed by atoms with van der Waals surface area (Å²) in [5, 5.41) is 22.4. The van der Waals surface area contributed by atoms with Crippen LogP contribution in [0.5, 0.6) is 0 Å². The zero-order chi connectivity index (χ0) is 14.9. The Hall–Kier alpha value is -2.00. The van der Waals surface area contributed by atoms with Crippen molar-refractivity contribution in [2.45, 2.75) is 12.1 Å². The van der Waals surface area contributed by atoms with E-state index in [1.807, 2.05) is 0 Å². The van der Waals surface area contributed by atoms with E-state index in [1.165, 1.54) is 24.3 Å². The van der Waals surface area contributed by atoms with E-state index in [0.717, 1.165) is 0 Å². The first-order valence-electron chi connectivity index (χ1n) is 5.72. The van der Waals surface area contributed by atoms with E-state index in [0.29, 0.717) is 0 Å². The van der Waals surface area contributed by atoms with Crippen LogP contribution in [0.25, 0.3) is 0 Å². The van der Waals surface area contributed by atoms with E-state index >= 15 is 0 Å². The fraction of sp³-hybridized carbons (Fsp3) is 0.364. The standard InChI is InChI=1S/C11H12N2O6S/c14-10-6-20(18,19)5-9(10)12-11(15)7-1-3-8(4-2-7)13(16)17/h1-4,9-10,14H,5-6H2,(H,12,15). The first-order chi connectivity index (χ1) is 9.28. The molecular formula is C11H12N2O6S. The van der Waals surface area contributed by atoms with Crippen molar-refractivity contribution in [3.05, 3.63) is 39.9 Å². The molecule has 0 spiro atoms. The Morgan fingerprint density at radius 1 is 1.30 bits per heavy atom. The molecule has 8 nitrogen and oxygen atoms in total. The molecule has 0 bridgehead atoms. The van der Waals surface area contributed by atoms with Crippen LogP contribution >= 0.6 is 0 Å². The van der Waals surface area contributed by atoms with Gasteiger partial charge in [-0.15, -0.1) is 0 Å². The Bertz CT molecular complexity index is 639. The summed E-state index contributed by atoms with van der Waals surface area (Å²) in [6, 6.07) is 4.03. The molecule has 108 valence electrons. The minimum Gasteiger partial charge on any atom is -0.390 e. The molecule has 1 saturated heterocycles. The Labute approximate surface area is 114 Å². The molecule has 0 aliphatic carbocycles. The second kappa shape index (κ2) is 5.17. The van der Waals surface area contributed by atoms with E-state index in [2.05, 4.69) is 5.32 Å². The van der Waals surface area contributed by atoms with Gasteiger partial charge in [-0.05, 0) is 12.1 Å². The molecule has 1 amide bonds. The molecule has 1 aliphatic heterocycles. The lowest BCUT2D eigenvalue weighted by molar-refractivity contribution is -0.384. The van der Waals surface area contributed by atoms with Gasteiger partial charge in [0.05, 0.1) is 28.6 Å². The Morgan fingerprint density at radius 3 is 2.35 bits per heavy atom. The predicted octanol–water partition coefficient (Wildman–Crippen LogP) is -0.517. The molecule has 1 fully saturated rings. The number of benzene rings is 1. The zero-order valence-corrected chi connectivity index (χ0v) is 11.0. The van der Waals surface area contributed by atoms with Crippen LogP contribution in [-0.2, 0) is 9.84 Å². The molecule has 1 aromatic rings. The Morgan fingerprint density at radius 2 is 1.90 bits per heavy atom. The highest BCUT2D eigenvalue weighted by molar-refractivity contribution is 7.91. The summed E-state index contributed by atoms with van der Waals surface area (Å²) >= 11 is 0. The second-order valence-corrected chi connectivity index (χ2v) is 6.68. The SMILES string of the molecule is O=C(NC1CS(=O)(=O)CC1O)c1ccc([N+](=O)[O-])cc1. The van der Waals surface area contributed by atoms with E-state index in [-0.39, 0.29) is 22.8 Å². The summed E-state index contributed by atoms with van der Waals surface area (Å²) in [7, 11) is -3.34. The lowest BCUT2D eigenvalue weighted by Gasteiger charge is -2.14. The van der Waals surface area contributed by atoms with Gasteiger partial charge >= 0.3 is 0 Å². The van der Waals surface area contributed by atoms with Crippen molar-refractivity contribution >= 4 is 21.4 Å². The summed E-state index contributed by atoms with van der Waals surface area (Å²) in [6.45, 7) is 0. The van der Waals surface area contributed by atoms with Gasteiger partial charge in [-0.3, -0.25) is 14.9 Å².